The summed E-state index contributed by atoms with van der Waals surface area (Å²) in [6.45, 7) is 9.06. The smallest absolute Gasteiger partial charge is 0.244 e. The number of benzene rings is 2. The van der Waals surface area contributed by atoms with Crippen LogP contribution in [-0.4, -0.2) is 50.0 Å². The van der Waals surface area contributed by atoms with Gasteiger partial charge in [-0.15, -0.1) is 0 Å². The average Bonchev–Trinajstić information content (AvgIpc) is 2.75. The summed E-state index contributed by atoms with van der Waals surface area (Å²) >= 11 is 0. The molecule has 2 rings (SSSR count). The molecule has 2 aromatic carbocycles. The maximum atomic E-state index is 13.6. The van der Waals surface area contributed by atoms with Crippen LogP contribution in [0.3, 0.4) is 0 Å². The Labute approximate surface area is 197 Å². The molecule has 0 aliphatic heterocycles. The Morgan fingerprint density at radius 1 is 0.970 bits per heavy atom. The lowest BCUT2D eigenvalue weighted by Crippen LogP contribution is -2.52. The number of hydrogen-bond acceptors (Lipinski definition) is 4. The average molecular weight is 474 g/mol. The minimum Gasteiger partial charge on any atom is -0.352 e. The van der Waals surface area contributed by atoms with E-state index in [1.165, 1.54) is 4.90 Å². The van der Waals surface area contributed by atoms with Gasteiger partial charge < -0.3 is 10.2 Å². The number of anilines is 1. The van der Waals surface area contributed by atoms with Crippen LogP contribution in [0.15, 0.2) is 48.5 Å². The highest BCUT2D eigenvalue weighted by molar-refractivity contribution is 7.92. The van der Waals surface area contributed by atoms with Crippen molar-refractivity contribution in [2.24, 2.45) is 0 Å². The number of hydrogen-bond donors (Lipinski definition) is 1. The molecule has 0 bridgehead atoms. The molecule has 7 nitrogen and oxygen atoms in total. The summed E-state index contributed by atoms with van der Waals surface area (Å²) in [6, 6.07) is 13.9. The van der Waals surface area contributed by atoms with Crippen LogP contribution in [-0.2, 0) is 32.6 Å². The summed E-state index contributed by atoms with van der Waals surface area (Å²) in [7, 11) is -3.74. The van der Waals surface area contributed by atoms with Crippen molar-refractivity contribution >= 4 is 27.5 Å². The highest BCUT2D eigenvalue weighted by Crippen LogP contribution is 2.24. The molecule has 8 heteroatoms. The molecule has 2 amide bonds. The molecule has 1 atom stereocenters. The Bertz CT molecular complexity index is 1080. The molecule has 0 aromatic heterocycles. The van der Waals surface area contributed by atoms with Gasteiger partial charge in [0.1, 0.15) is 12.6 Å². The molecule has 2 aromatic rings. The first-order chi connectivity index (χ1) is 15.5. The molecule has 0 aliphatic rings. The molecule has 0 saturated carbocycles. The fraction of sp³-hybridized carbons (Fsp3) is 0.440. The molecule has 0 radical (unpaired) electrons. The zero-order chi connectivity index (χ0) is 24.8. The van der Waals surface area contributed by atoms with E-state index in [0.29, 0.717) is 12.1 Å². The van der Waals surface area contributed by atoms with Gasteiger partial charge >= 0.3 is 0 Å². The third kappa shape index (κ3) is 7.05. The van der Waals surface area contributed by atoms with Crippen LogP contribution in [0.25, 0.3) is 0 Å². The highest BCUT2D eigenvalue weighted by Gasteiger charge is 2.31. The molecule has 0 aliphatic carbocycles. The number of para-hydroxylation sites is 1. The molecule has 0 fully saturated rings. The summed E-state index contributed by atoms with van der Waals surface area (Å²) in [6.07, 6.45) is 1.71. The number of carbonyl (C=O) groups is 2. The molecule has 0 unspecified atom stereocenters. The normalized spacial score (nSPS) is 12.3. The van der Waals surface area contributed by atoms with Gasteiger partial charge in [-0.1, -0.05) is 49.4 Å². The number of amides is 2. The van der Waals surface area contributed by atoms with E-state index in [1.54, 1.807) is 19.1 Å². The summed E-state index contributed by atoms with van der Waals surface area (Å²) in [5.74, 6) is -0.729. The molecular formula is C25H35N3O4S. The second kappa shape index (κ2) is 11.3. The van der Waals surface area contributed by atoms with Gasteiger partial charge in [0.2, 0.25) is 21.8 Å². The highest BCUT2D eigenvalue weighted by atomic mass is 32.2. The second-order valence-corrected chi connectivity index (χ2v) is 10.4. The fourth-order valence-electron chi connectivity index (χ4n) is 3.61. The van der Waals surface area contributed by atoms with Crippen LogP contribution in [0.4, 0.5) is 5.69 Å². The van der Waals surface area contributed by atoms with Crippen molar-refractivity contribution in [2.45, 2.75) is 59.7 Å². The van der Waals surface area contributed by atoms with E-state index in [9.17, 15) is 18.0 Å². The Balaban J connectivity index is 2.44. The Morgan fingerprint density at radius 3 is 2.09 bits per heavy atom. The van der Waals surface area contributed by atoms with E-state index < -0.39 is 22.0 Å². The topological polar surface area (TPSA) is 86.8 Å². The van der Waals surface area contributed by atoms with E-state index >= 15 is 0 Å². The van der Waals surface area contributed by atoms with Gasteiger partial charge in [0.05, 0.1) is 11.9 Å². The summed E-state index contributed by atoms with van der Waals surface area (Å²) in [5.41, 5.74) is 3.19. The molecule has 1 N–H and O–H groups in total. The van der Waals surface area contributed by atoms with Crippen molar-refractivity contribution in [2.75, 3.05) is 17.1 Å². The Kier molecular flexibility index (Phi) is 9.05. The van der Waals surface area contributed by atoms with Crippen LogP contribution in [0.5, 0.6) is 0 Å². The summed E-state index contributed by atoms with van der Waals surface area (Å²) in [5, 5.41) is 2.85. The molecule has 33 heavy (non-hydrogen) atoms. The van der Waals surface area contributed by atoms with Crippen molar-refractivity contribution in [3.8, 4) is 0 Å². The number of aryl methyl sites for hydroxylation is 2. The third-order valence-electron chi connectivity index (χ3n) is 5.52. The first kappa shape index (κ1) is 26.4. The van der Waals surface area contributed by atoms with Crippen LogP contribution < -0.4 is 9.62 Å². The molecule has 180 valence electrons. The SMILES string of the molecule is CCc1ccccc1N(CC(=O)N(Cc1ccccc1C)[C@@H](C)C(=O)NC(C)C)S(C)(=O)=O. The van der Waals surface area contributed by atoms with Crippen molar-refractivity contribution < 1.29 is 18.0 Å². The predicted octanol–water partition coefficient (Wildman–Crippen LogP) is 3.27. The van der Waals surface area contributed by atoms with E-state index in [2.05, 4.69) is 5.32 Å². The summed E-state index contributed by atoms with van der Waals surface area (Å²) in [4.78, 5) is 27.8. The van der Waals surface area contributed by atoms with Gasteiger partial charge in [-0.05, 0) is 56.9 Å². The lowest BCUT2D eigenvalue weighted by molar-refractivity contribution is -0.139. The largest absolute Gasteiger partial charge is 0.352 e. The number of carbonyl (C=O) groups excluding carboxylic acids is 2. The number of nitrogens with one attached hydrogen (secondary N) is 1. The molecular weight excluding hydrogens is 438 g/mol. The van der Waals surface area contributed by atoms with E-state index in [1.807, 2.05) is 64.1 Å². The minimum atomic E-state index is -3.74. The first-order valence-corrected chi connectivity index (χ1v) is 13.0. The fourth-order valence-corrected chi connectivity index (χ4v) is 4.49. The van der Waals surface area contributed by atoms with Crippen LogP contribution in [0.2, 0.25) is 0 Å². The first-order valence-electron chi connectivity index (χ1n) is 11.2. The maximum Gasteiger partial charge on any atom is 0.244 e. The number of sulfonamides is 1. The lowest BCUT2D eigenvalue weighted by Gasteiger charge is -2.32. The maximum absolute atomic E-state index is 13.6. The van der Waals surface area contributed by atoms with Gasteiger partial charge in [0.25, 0.3) is 0 Å². The van der Waals surface area contributed by atoms with E-state index in [0.717, 1.165) is 27.3 Å². The van der Waals surface area contributed by atoms with E-state index in [4.69, 9.17) is 0 Å². The standard InChI is InChI=1S/C25H35N3O4S/c1-7-21-13-10-11-15-23(21)28(33(6,31)32)17-24(29)27(20(5)25(30)26-18(2)3)16-22-14-9-8-12-19(22)4/h8-15,18,20H,7,16-17H2,1-6H3,(H,26,30)/t20-/m0/s1. The minimum absolute atomic E-state index is 0.0840. The van der Waals surface area contributed by atoms with Crippen molar-refractivity contribution in [1.82, 2.24) is 10.2 Å². The van der Waals surface area contributed by atoms with Crippen molar-refractivity contribution in [3.05, 3.63) is 65.2 Å². The Morgan fingerprint density at radius 2 is 1.55 bits per heavy atom. The second-order valence-electron chi connectivity index (χ2n) is 8.54. The monoisotopic (exact) mass is 473 g/mol. The van der Waals surface area contributed by atoms with Crippen molar-refractivity contribution in [3.63, 3.8) is 0 Å². The molecule has 0 saturated heterocycles. The van der Waals surface area contributed by atoms with Crippen LogP contribution in [0.1, 0.15) is 44.4 Å². The molecule has 0 heterocycles. The number of rotatable bonds is 10. The lowest BCUT2D eigenvalue weighted by atomic mass is 10.1. The zero-order valence-corrected chi connectivity index (χ0v) is 21.1. The van der Waals surface area contributed by atoms with Gasteiger partial charge in [0, 0.05) is 12.6 Å². The van der Waals surface area contributed by atoms with Gasteiger partial charge in [-0.25, -0.2) is 8.42 Å². The zero-order valence-electron chi connectivity index (χ0n) is 20.3. The Hall–Kier alpha value is -2.87. The summed E-state index contributed by atoms with van der Waals surface area (Å²) < 4.78 is 26.5. The molecule has 0 spiro atoms. The van der Waals surface area contributed by atoms with Gasteiger partial charge in [0.15, 0.2) is 0 Å². The number of nitrogens with zero attached hydrogens (tertiary/aromatic N) is 2. The van der Waals surface area contributed by atoms with Gasteiger partial charge in [-0.2, -0.15) is 0 Å². The third-order valence-corrected chi connectivity index (χ3v) is 6.65. The van der Waals surface area contributed by atoms with Crippen LogP contribution in [0, 0.1) is 6.92 Å². The van der Waals surface area contributed by atoms with Gasteiger partial charge in [-0.3, -0.25) is 13.9 Å². The quantitative estimate of drug-likeness (QED) is 0.574. The van der Waals surface area contributed by atoms with Crippen LogP contribution >= 0.6 is 0 Å². The van der Waals surface area contributed by atoms with E-state index in [-0.39, 0.29) is 25.0 Å². The van der Waals surface area contributed by atoms with Crippen molar-refractivity contribution in [1.29, 1.82) is 0 Å². The predicted molar refractivity (Wildman–Crippen MR) is 132 cm³/mol.